The molecular weight excluding hydrogens is 337 g/mol. The molecule has 2 amide bonds. The third-order valence-electron chi connectivity index (χ3n) is 3.29. The molecule has 0 aromatic heterocycles. The van der Waals surface area contributed by atoms with Crippen LogP contribution in [0.4, 0.5) is 5.69 Å². The van der Waals surface area contributed by atoms with E-state index in [0.29, 0.717) is 15.7 Å². The summed E-state index contributed by atoms with van der Waals surface area (Å²) >= 11 is 11.7. The first-order chi connectivity index (χ1) is 10.8. The van der Waals surface area contributed by atoms with E-state index in [1.165, 1.54) is 0 Å². The first-order valence-electron chi connectivity index (χ1n) is 7.51. The molecule has 0 aliphatic carbocycles. The fraction of sp³-hybridized carbons (Fsp3) is 0.500. The molecular formula is C16H23Cl2N3O2. The molecule has 0 spiro atoms. The average Bonchev–Trinajstić information content (AvgIpc) is 2.48. The highest BCUT2D eigenvalue weighted by Crippen LogP contribution is 2.24. The molecule has 1 N–H and O–H groups in total. The van der Waals surface area contributed by atoms with Crippen molar-refractivity contribution >= 4 is 40.7 Å². The van der Waals surface area contributed by atoms with Gasteiger partial charge in [0.25, 0.3) is 0 Å². The lowest BCUT2D eigenvalue weighted by atomic mass is 10.3. The first-order valence-corrected chi connectivity index (χ1v) is 8.26. The molecule has 0 saturated heterocycles. The molecule has 0 unspecified atom stereocenters. The van der Waals surface area contributed by atoms with E-state index in [0.717, 1.165) is 19.4 Å². The number of unbranched alkanes of at least 4 members (excludes halogenated alkanes) is 1. The second-order valence-corrected chi connectivity index (χ2v) is 6.33. The Labute approximate surface area is 147 Å². The topological polar surface area (TPSA) is 52.7 Å². The molecule has 5 nitrogen and oxygen atoms in total. The van der Waals surface area contributed by atoms with Crippen molar-refractivity contribution in [3.63, 3.8) is 0 Å². The predicted octanol–water partition coefficient (Wildman–Crippen LogP) is 3.12. The molecule has 1 aromatic rings. The Bertz CT molecular complexity index is 552. The predicted molar refractivity (Wildman–Crippen MR) is 95.1 cm³/mol. The molecule has 0 fully saturated rings. The number of benzene rings is 1. The molecule has 23 heavy (non-hydrogen) atoms. The van der Waals surface area contributed by atoms with E-state index >= 15 is 0 Å². The summed E-state index contributed by atoms with van der Waals surface area (Å²) in [5.41, 5.74) is 0.573. The number of hydrogen-bond donors (Lipinski definition) is 1. The number of carbonyl (C=O) groups excluding carboxylic acids is 2. The Morgan fingerprint density at radius 3 is 2.43 bits per heavy atom. The van der Waals surface area contributed by atoms with Crippen molar-refractivity contribution in [3.05, 3.63) is 28.2 Å². The van der Waals surface area contributed by atoms with Crippen molar-refractivity contribution in [3.8, 4) is 0 Å². The average molecular weight is 360 g/mol. The third kappa shape index (κ3) is 7.20. The maximum Gasteiger partial charge on any atom is 0.238 e. The van der Waals surface area contributed by atoms with Gasteiger partial charge in [-0.1, -0.05) is 36.5 Å². The Kier molecular flexibility index (Phi) is 8.37. The number of carbonyl (C=O) groups is 2. The van der Waals surface area contributed by atoms with Gasteiger partial charge in [-0.2, -0.15) is 0 Å². The fourth-order valence-electron chi connectivity index (χ4n) is 1.95. The molecule has 0 aliphatic rings. The number of halogens is 2. The quantitative estimate of drug-likeness (QED) is 0.775. The second-order valence-electron chi connectivity index (χ2n) is 5.52. The zero-order valence-corrected chi connectivity index (χ0v) is 15.2. The molecule has 0 heterocycles. The van der Waals surface area contributed by atoms with Gasteiger partial charge in [-0.15, -0.1) is 0 Å². The van der Waals surface area contributed by atoms with Crippen LogP contribution in [0.1, 0.15) is 19.8 Å². The maximum absolute atomic E-state index is 12.0. The van der Waals surface area contributed by atoms with Crippen molar-refractivity contribution in [2.45, 2.75) is 19.8 Å². The molecule has 0 radical (unpaired) electrons. The van der Waals surface area contributed by atoms with Gasteiger partial charge in [0.05, 0.1) is 23.1 Å². The zero-order valence-electron chi connectivity index (χ0n) is 13.7. The number of nitrogens with one attached hydrogen (secondary N) is 1. The lowest BCUT2D eigenvalue weighted by Crippen LogP contribution is -2.40. The van der Waals surface area contributed by atoms with Crippen LogP contribution < -0.4 is 5.32 Å². The van der Waals surface area contributed by atoms with Crippen molar-refractivity contribution in [1.82, 2.24) is 9.80 Å². The number of nitrogens with zero attached hydrogens (tertiary/aromatic N) is 2. The van der Waals surface area contributed by atoms with Gasteiger partial charge >= 0.3 is 0 Å². The summed E-state index contributed by atoms with van der Waals surface area (Å²) in [7, 11) is 3.52. The van der Waals surface area contributed by atoms with Gasteiger partial charge in [-0.3, -0.25) is 14.5 Å². The minimum Gasteiger partial charge on any atom is -0.345 e. The summed E-state index contributed by atoms with van der Waals surface area (Å²) in [6.07, 6.45) is 2.02. The summed E-state index contributed by atoms with van der Waals surface area (Å²) in [4.78, 5) is 27.4. The van der Waals surface area contributed by atoms with Gasteiger partial charge in [0.15, 0.2) is 0 Å². The van der Waals surface area contributed by atoms with E-state index in [4.69, 9.17) is 23.2 Å². The first kappa shape index (κ1) is 19.7. The molecule has 0 atom stereocenters. The van der Waals surface area contributed by atoms with Crippen molar-refractivity contribution in [1.29, 1.82) is 0 Å². The maximum atomic E-state index is 12.0. The van der Waals surface area contributed by atoms with E-state index in [1.54, 1.807) is 42.1 Å². The molecule has 128 valence electrons. The normalized spacial score (nSPS) is 10.7. The van der Waals surface area contributed by atoms with Gasteiger partial charge in [-0.05, 0) is 31.7 Å². The van der Waals surface area contributed by atoms with Crippen molar-refractivity contribution < 1.29 is 9.59 Å². The lowest BCUT2D eigenvalue weighted by Gasteiger charge is -2.21. The largest absolute Gasteiger partial charge is 0.345 e. The second kappa shape index (κ2) is 9.75. The Morgan fingerprint density at radius 1 is 1.13 bits per heavy atom. The zero-order chi connectivity index (χ0) is 17.4. The summed E-state index contributed by atoms with van der Waals surface area (Å²) < 4.78 is 0. The van der Waals surface area contributed by atoms with Crippen LogP contribution in [-0.2, 0) is 9.59 Å². The summed E-state index contributed by atoms with van der Waals surface area (Å²) in [6.45, 7) is 3.14. The van der Waals surface area contributed by atoms with Crippen LogP contribution in [0.15, 0.2) is 18.2 Å². The fourth-order valence-corrected chi connectivity index (χ4v) is 2.25. The Hall–Kier alpha value is -1.30. The summed E-state index contributed by atoms with van der Waals surface area (Å²) in [6, 6.07) is 4.89. The van der Waals surface area contributed by atoms with Crippen LogP contribution >= 0.6 is 23.2 Å². The molecule has 0 aliphatic heterocycles. The van der Waals surface area contributed by atoms with Gasteiger partial charge in [0.2, 0.25) is 11.8 Å². The highest BCUT2D eigenvalue weighted by atomic mass is 35.5. The highest BCUT2D eigenvalue weighted by molar-refractivity contribution is 6.42. The SMILES string of the molecule is CCCCN(C)C(=O)CN(C)CC(=O)Nc1ccc(Cl)c(Cl)c1. The van der Waals surface area contributed by atoms with Crippen molar-refractivity contribution in [2.24, 2.45) is 0 Å². The van der Waals surface area contributed by atoms with E-state index in [9.17, 15) is 9.59 Å². The lowest BCUT2D eigenvalue weighted by molar-refractivity contribution is -0.131. The minimum atomic E-state index is -0.213. The van der Waals surface area contributed by atoms with E-state index in [-0.39, 0.29) is 24.9 Å². The third-order valence-corrected chi connectivity index (χ3v) is 4.03. The number of rotatable bonds is 8. The van der Waals surface area contributed by atoms with E-state index < -0.39 is 0 Å². The summed E-state index contributed by atoms with van der Waals surface area (Å²) in [5, 5.41) is 3.54. The smallest absolute Gasteiger partial charge is 0.238 e. The highest BCUT2D eigenvalue weighted by Gasteiger charge is 2.14. The van der Waals surface area contributed by atoms with Gasteiger partial charge in [-0.25, -0.2) is 0 Å². The van der Waals surface area contributed by atoms with Crippen molar-refractivity contribution in [2.75, 3.05) is 39.0 Å². The van der Waals surface area contributed by atoms with E-state index in [2.05, 4.69) is 12.2 Å². The molecule has 1 aromatic carbocycles. The number of anilines is 1. The van der Waals surface area contributed by atoms with Gasteiger partial charge in [0.1, 0.15) is 0 Å². The molecule has 0 saturated carbocycles. The van der Waals surface area contributed by atoms with Crippen LogP contribution in [0.2, 0.25) is 10.0 Å². The number of hydrogen-bond acceptors (Lipinski definition) is 3. The van der Waals surface area contributed by atoms with Crippen LogP contribution in [0.5, 0.6) is 0 Å². The van der Waals surface area contributed by atoms with Crippen LogP contribution in [-0.4, -0.2) is 55.3 Å². The number of amides is 2. The van der Waals surface area contributed by atoms with E-state index in [1.807, 2.05) is 0 Å². The number of likely N-dealkylation sites (N-methyl/N-ethyl adjacent to an activating group) is 2. The van der Waals surface area contributed by atoms with Gasteiger partial charge in [0, 0.05) is 19.3 Å². The summed E-state index contributed by atoms with van der Waals surface area (Å²) in [5.74, 6) is -0.210. The molecule has 7 heteroatoms. The standard InChI is InChI=1S/C16H23Cl2N3O2/c1-4-5-8-21(3)16(23)11-20(2)10-15(22)19-12-6-7-13(17)14(18)9-12/h6-7,9H,4-5,8,10-11H2,1-3H3,(H,19,22). The Balaban J connectivity index is 2.43. The Morgan fingerprint density at radius 2 is 1.83 bits per heavy atom. The minimum absolute atomic E-state index is 0.00304. The van der Waals surface area contributed by atoms with Crippen LogP contribution in [0.25, 0.3) is 0 Å². The molecule has 1 rings (SSSR count). The monoisotopic (exact) mass is 359 g/mol. The van der Waals surface area contributed by atoms with Crippen LogP contribution in [0, 0.1) is 0 Å². The van der Waals surface area contributed by atoms with Gasteiger partial charge < -0.3 is 10.2 Å². The molecule has 0 bridgehead atoms. The van der Waals surface area contributed by atoms with Crippen LogP contribution in [0.3, 0.4) is 0 Å².